The average molecular weight is 576 g/mol. The summed E-state index contributed by atoms with van der Waals surface area (Å²) in [7, 11) is 1.34. The van der Waals surface area contributed by atoms with Crippen LogP contribution >= 0.6 is 0 Å². The molecule has 0 amide bonds. The normalized spacial score (nSPS) is 11.5. The number of carbonyl (C=O) groups is 2. The quantitative estimate of drug-likeness (QED) is 0.101. The molecule has 0 aliphatic heterocycles. The number of oxazole rings is 1. The smallest absolute Gasteiger partial charge is 0.328 e. The van der Waals surface area contributed by atoms with Crippen LogP contribution in [-0.2, 0) is 22.4 Å². The zero-order valence-electron chi connectivity index (χ0n) is 24.1. The van der Waals surface area contributed by atoms with Gasteiger partial charge in [0.1, 0.15) is 17.6 Å². The molecular formula is C35H33N3O5. The first kappa shape index (κ1) is 29.1. The zero-order chi connectivity index (χ0) is 30.2. The summed E-state index contributed by atoms with van der Waals surface area (Å²) in [5, 5.41) is 3.22. The number of benzene rings is 4. The highest BCUT2D eigenvalue weighted by Gasteiger charge is 2.23. The molecule has 5 aromatic rings. The molecular weight excluding hydrogens is 542 g/mol. The Labute approximate surface area is 250 Å². The van der Waals surface area contributed by atoms with Crippen molar-refractivity contribution in [1.29, 1.82) is 0 Å². The standard InChI is InChI=1S/C35H33N3O5/c1-23-30(38-34(43-23)25-9-4-3-5-10-25)19-20-42-28-17-15-24(16-18-28)21-32(35(40)41-2)37-31-14-7-6-13-29(31)33(39)26-11-8-12-27(36)22-26/h3-18,22,32,37H,19-21,36H2,1-2H3. The van der Waals surface area contributed by atoms with E-state index in [9.17, 15) is 9.59 Å². The van der Waals surface area contributed by atoms with Crippen LogP contribution in [0.4, 0.5) is 11.4 Å². The van der Waals surface area contributed by atoms with Gasteiger partial charge in [-0.15, -0.1) is 0 Å². The molecule has 0 spiro atoms. The Morgan fingerprint density at radius 2 is 1.67 bits per heavy atom. The SMILES string of the molecule is COC(=O)C(Cc1ccc(OCCc2nc(-c3ccccc3)oc2C)cc1)Nc1ccccc1C(=O)c1cccc(N)c1. The van der Waals surface area contributed by atoms with E-state index in [-0.39, 0.29) is 5.78 Å². The maximum atomic E-state index is 13.3. The molecule has 43 heavy (non-hydrogen) atoms. The van der Waals surface area contributed by atoms with Gasteiger partial charge in [0.25, 0.3) is 0 Å². The van der Waals surface area contributed by atoms with E-state index >= 15 is 0 Å². The van der Waals surface area contributed by atoms with Crippen LogP contribution in [0.1, 0.15) is 32.9 Å². The summed E-state index contributed by atoms with van der Waals surface area (Å²) < 4.78 is 16.9. The fraction of sp³-hybridized carbons (Fsp3) is 0.171. The van der Waals surface area contributed by atoms with E-state index in [1.54, 1.807) is 42.5 Å². The van der Waals surface area contributed by atoms with Gasteiger partial charge in [-0.05, 0) is 61.0 Å². The van der Waals surface area contributed by atoms with Crippen LogP contribution in [0.2, 0.25) is 0 Å². The lowest BCUT2D eigenvalue weighted by molar-refractivity contribution is -0.141. The topological polar surface area (TPSA) is 117 Å². The predicted molar refractivity (Wildman–Crippen MR) is 166 cm³/mol. The third-order valence-corrected chi connectivity index (χ3v) is 7.02. The van der Waals surface area contributed by atoms with Crippen molar-refractivity contribution in [3.8, 4) is 17.2 Å². The first-order valence-electron chi connectivity index (χ1n) is 14.0. The Morgan fingerprint density at radius 1 is 0.930 bits per heavy atom. The maximum absolute atomic E-state index is 13.3. The first-order chi connectivity index (χ1) is 20.9. The van der Waals surface area contributed by atoms with Crippen molar-refractivity contribution in [1.82, 2.24) is 4.98 Å². The summed E-state index contributed by atoms with van der Waals surface area (Å²) in [6, 6.07) is 30.5. The molecule has 0 fully saturated rings. The third kappa shape index (κ3) is 7.29. The first-order valence-corrected chi connectivity index (χ1v) is 14.0. The second kappa shape index (κ2) is 13.5. The molecule has 8 nitrogen and oxygen atoms in total. The van der Waals surface area contributed by atoms with Crippen molar-refractivity contribution in [3.05, 3.63) is 131 Å². The van der Waals surface area contributed by atoms with Crippen molar-refractivity contribution in [3.63, 3.8) is 0 Å². The lowest BCUT2D eigenvalue weighted by atomic mass is 9.99. The fourth-order valence-electron chi connectivity index (χ4n) is 4.75. The number of hydrogen-bond acceptors (Lipinski definition) is 8. The molecule has 0 aliphatic carbocycles. The number of nitrogens with zero attached hydrogens (tertiary/aromatic N) is 1. The van der Waals surface area contributed by atoms with Crippen LogP contribution in [0.25, 0.3) is 11.5 Å². The minimum absolute atomic E-state index is 0.197. The van der Waals surface area contributed by atoms with E-state index in [4.69, 9.17) is 19.6 Å². The third-order valence-electron chi connectivity index (χ3n) is 7.02. The van der Waals surface area contributed by atoms with Gasteiger partial charge >= 0.3 is 5.97 Å². The molecule has 1 heterocycles. The molecule has 1 atom stereocenters. The molecule has 0 saturated carbocycles. The zero-order valence-corrected chi connectivity index (χ0v) is 24.1. The number of rotatable bonds is 12. The number of nitrogen functional groups attached to an aromatic ring is 1. The van der Waals surface area contributed by atoms with Gasteiger partial charge in [-0.25, -0.2) is 9.78 Å². The largest absolute Gasteiger partial charge is 0.493 e. The van der Waals surface area contributed by atoms with Crippen LogP contribution in [0.15, 0.2) is 108 Å². The van der Waals surface area contributed by atoms with Crippen LogP contribution in [-0.4, -0.2) is 36.5 Å². The molecule has 1 aromatic heterocycles. The molecule has 0 bridgehead atoms. The molecule has 0 aliphatic rings. The number of anilines is 2. The van der Waals surface area contributed by atoms with E-state index in [0.29, 0.717) is 53.6 Å². The molecule has 218 valence electrons. The van der Waals surface area contributed by atoms with Crippen LogP contribution in [0.3, 0.4) is 0 Å². The van der Waals surface area contributed by atoms with E-state index in [1.165, 1.54) is 7.11 Å². The molecule has 0 saturated heterocycles. The van der Waals surface area contributed by atoms with Gasteiger partial charge in [0.05, 0.1) is 19.4 Å². The summed E-state index contributed by atoms with van der Waals surface area (Å²) in [6.07, 6.45) is 0.945. The predicted octanol–water partition coefficient (Wildman–Crippen LogP) is 6.28. The van der Waals surface area contributed by atoms with Gasteiger partial charge in [0.2, 0.25) is 5.89 Å². The highest BCUT2D eigenvalue weighted by molar-refractivity contribution is 6.12. The number of carbonyl (C=O) groups excluding carboxylic acids is 2. The molecule has 3 N–H and O–H groups in total. The van der Waals surface area contributed by atoms with Crippen molar-refractivity contribution in [2.75, 3.05) is 24.8 Å². The lowest BCUT2D eigenvalue weighted by Gasteiger charge is -2.20. The van der Waals surface area contributed by atoms with Gasteiger partial charge in [-0.1, -0.05) is 54.6 Å². The number of esters is 1. The molecule has 1 unspecified atom stereocenters. The number of ketones is 1. The van der Waals surface area contributed by atoms with Gasteiger partial charge in [0.15, 0.2) is 5.78 Å². The lowest BCUT2D eigenvalue weighted by Crippen LogP contribution is -2.33. The summed E-state index contributed by atoms with van der Waals surface area (Å²) in [5.74, 6) is 1.44. The number of aromatic nitrogens is 1. The number of nitrogens with two attached hydrogens (primary N) is 1. The average Bonchev–Trinajstić information content (AvgIpc) is 3.41. The van der Waals surface area contributed by atoms with Gasteiger partial charge in [-0.3, -0.25) is 4.79 Å². The van der Waals surface area contributed by atoms with Gasteiger partial charge < -0.3 is 24.9 Å². The molecule has 0 radical (unpaired) electrons. The molecule has 8 heteroatoms. The Balaban J connectivity index is 1.22. The number of para-hydroxylation sites is 1. The maximum Gasteiger partial charge on any atom is 0.328 e. The van der Waals surface area contributed by atoms with Crippen molar-refractivity contribution in [2.45, 2.75) is 25.8 Å². The molecule has 5 rings (SSSR count). The Morgan fingerprint density at radius 3 is 2.42 bits per heavy atom. The summed E-state index contributed by atoms with van der Waals surface area (Å²) in [5.41, 5.74) is 10.5. The number of hydrogen-bond donors (Lipinski definition) is 2. The molecule has 4 aromatic carbocycles. The van der Waals surface area contributed by atoms with E-state index in [2.05, 4.69) is 10.3 Å². The van der Waals surface area contributed by atoms with Gasteiger partial charge in [-0.2, -0.15) is 0 Å². The number of methoxy groups -OCH3 is 1. The summed E-state index contributed by atoms with van der Waals surface area (Å²) in [4.78, 5) is 30.6. The number of ether oxygens (including phenoxy) is 2. The minimum atomic E-state index is -0.722. The fourth-order valence-corrected chi connectivity index (χ4v) is 4.75. The van der Waals surface area contributed by atoms with Gasteiger partial charge in [0, 0.05) is 40.9 Å². The highest BCUT2D eigenvalue weighted by Crippen LogP contribution is 2.24. The van der Waals surface area contributed by atoms with Crippen LogP contribution in [0.5, 0.6) is 5.75 Å². The Bertz CT molecular complexity index is 1700. The minimum Gasteiger partial charge on any atom is -0.493 e. The van der Waals surface area contributed by atoms with E-state index in [0.717, 1.165) is 22.6 Å². The van der Waals surface area contributed by atoms with E-state index < -0.39 is 12.0 Å². The van der Waals surface area contributed by atoms with Crippen LogP contribution in [0, 0.1) is 6.92 Å². The van der Waals surface area contributed by atoms with Crippen molar-refractivity contribution < 1.29 is 23.5 Å². The van der Waals surface area contributed by atoms with Crippen molar-refractivity contribution in [2.24, 2.45) is 0 Å². The number of aryl methyl sites for hydroxylation is 1. The Hall–Kier alpha value is -5.37. The second-order valence-corrected chi connectivity index (χ2v) is 10.1. The summed E-state index contributed by atoms with van der Waals surface area (Å²) >= 11 is 0. The van der Waals surface area contributed by atoms with Crippen LogP contribution < -0.4 is 15.8 Å². The number of nitrogens with one attached hydrogen (secondary N) is 1. The monoisotopic (exact) mass is 575 g/mol. The highest BCUT2D eigenvalue weighted by atomic mass is 16.5. The van der Waals surface area contributed by atoms with Crippen molar-refractivity contribution >= 4 is 23.1 Å². The second-order valence-electron chi connectivity index (χ2n) is 10.1. The van der Waals surface area contributed by atoms with E-state index in [1.807, 2.05) is 67.6 Å². The Kier molecular flexibility index (Phi) is 9.17. The summed E-state index contributed by atoms with van der Waals surface area (Å²) in [6.45, 7) is 2.34.